The Labute approximate surface area is 128 Å². The van der Waals surface area contributed by atoms with E-state index in [1.165, 1.54) is 16.9 Å². The van der Waals surface area contributed by atoms with Crippen LogP contribution in [0.2, 0.25) is 0 Å². The molecule has 1 atom stereocenters. The Balaban J connectivity index is 2.74. The fourth-order valence-corrected chi connectivity index (χ4v) is 3.31. The summed E-state index contributed by atoms with van der Waals surface area (Å²) in [4.78, 5) is 0. The number of fused-ring (bicyclic) bond motifs is 1. The number of benzene rings is 1. The number of aryl methyl sites for hydroxylation is 1. The van der Waals surface area contributed by atoms with E-state index in [-0.39, 0.29) is 11.7 Å². The molecule has 0 bridgehead atoms. The van der Waals surface area contributed by atoms with Crippen LogP contribution in [-0.4, -0.2) is 10.7 Å². The Morgan fingerprint density at radius 3 is 2.38 bits per heavy atom. The van der Waals surface area contributed by atoms with E-state index in [4.69, 9.17) is 4.74 Å². The second-order valence-electron chi connectivity index (χ2n) is 6.68. The molecule has 1 heterocycles. The van der Waals surface area contributed by atoms with Gasteiger partial charge in [-0.25, -0.2) is 9.13 Å². The number of para-hydroxylation sites is 2. The molecular formula is C18H29N2O+. The van der Waals surface area contributed by atoms with Gasteiger partial charge in [0.25, 0.3) is 5.82 Å². The van der Waals surface area contributed by atoms with Crippen molar-refractivity contribution in [2.45, 2.75) is 65.7 Å². The highest BCUT2D eigenvalue weighted by atomic mass is 16.5. The monoisotopic (exact) mass is 289 g/mol. The summed E-state index contributed by atoms with van der Waals surface area (Å²) in [7, 11) is 2.14. The molecule has 0 saturated carbocycles. The van der Waals surface area contributed by atoms with E-state index in [0.717, 1.165) is 6.42 Å². The Hall–Kier alpha value is -1.35. The fourth-order valence-electron chi connectivity index (χ4n) is 3.31. The van der Waals surface area contributed by atoms with Gasteiger partial charge in [0.15, 0.2) is 16.6 Å². The minimum absolute atomic E-state index is 0.198. The van der Waals surface area contributed by atoms with Crippen molar-refractivity contribution in [3.63, 3.8) is 0 Å². The number of nitrogens with zero attached hydrogens (tertiary/aromatic N) is 2. The minimum Gasteiger partial charge on any atom is -0.360 e. The molecule has 0 aliphatic heterocycles. The quantitative estimate of drug-likeness (QED) is 0.758. The first kappa shape index (κ1) is 16.0. The van der Waals surface area contributed by atoms with E-state index >= 15 is 0 Å². The number of hydrogen-bond donors (Lipinski definition) is 0. The van der Waals surface area contributed by atoms with Crippen molar-refractivity contribution in [2.75, 3.05) is 0 Å². The zero-order valence-corrected chi connectivity index (χ0v) is 14.5. The van der Waals surface area contributed by atoms with Crippen LogP contribution in [0.1, 0.15) is 59.8 Å². The number of imidazole rings is 1. The fraction of sp³-hybridized carbons (Fsp3) is 0.611. The Morgan fingerprint density at radius 2 is 1.81 bits per heavy atom. The highest BCUT2D eigenvalue weighted by Crippen LogP contribution is 2.28. The molecule has 0 aliphatic rings. The van der Waals surface area contributed by atoms with Crippen LogP contribution < -0.4 is 4.57 Å². The van der Waals surface area contributed by atoms with Crippen LogP contribution in [0, 0.1) is 0 Å². The Bertz CT molecular complexity index is 625. The van der Waals surface area contributed by atoms with Crippen LogP contribution in [0.15, 0.2) is 24.3 Å². The lowest BCUT2D eigenvalue weighted by atomic mass is 10.1. The molecule has 1 aromatic heterocycles. The summed E-state index contributed by atoms with van der Waals surface area (Å²) in [6, 6.07) is 9.05. The predicted molar refractivity (Wildman–Crippen MR) is 87.4 cm³/mol. The van der Waals surface area contributed by atoms with Crippen molar-refractivity contribution >= 4 is 11.0 Å². The molecule has 0 radical (unpaired) electrons. The van der Waals surface area contributed by atoms with Crippen LogP contribution in [0.3, 0.4) is 0 Å². The second-order valence-corrected chi connectivity index (χ2v) is 6.68. The molecule has 0 aliphatic carbocycles. The SMILES string of the molecule is CCC(C)[n+]1c(C(C)(C)OC(C)C)n(C)c2ccccc21. The molecule has 0 amide bonds. The molecule has 2 rings (SSSR count). The van der Waals surface area contributed by atoms with Gasteiger partial charge in [-0.05, 0) is 53.2 Å². The van der Waals surface area contributed by atoms with E-state index in [1.807, 2.05) is 0 Å². The van der Waals surface area contributed by atoms with Crippen molar-refractivity contribution in [2.24, 2.45) is 7.05 Å². The zero-order valence-electron chi connectivity index (χ0n) is 14.5. The lowest BCUT2D eigenvalue weighted by molar-refractivity contribution is -0.709. The van der Waals surface area contributed by atoms with Crippen LogP contribution >= 0.6 is 0 Å². The van der Waals surface area contributed by atoms with E-state index < -0.39 is 0 Å². The van der Waals surface area contributed by atoms with Gasteiger partial charge in [-0.3, -0.25) is 0 Å². The van der Waals surface area contributed by atoms with Gasteiger partial charge in [-0.15, -0.1) is 0 Å². The molecule has 21 heavy (non-hydrogen) atoms. The highest BCUT2D eigenvalue weighted by molar-refractivity contribution is 5.72. The third-order valence-electron chi connectivity index (χ3n) is 4.15. The molecular weight excluding hydrogens is 260 g/mol. The van der Waals surface area contributed by atoms with Gasteiger partial charge < -0.3 is 4.74 Å². The largest absolute Gasteiger partial charge is 0.360 e. The summed E-state index contributed by atoms with van der Waals surface area (Å²) >= 11 is 0. The summed E-state index contributed by atoms with van der Waals surface area (Å²) in [6.45, 7) is 13.0. The van der Waals surface area contributed by atoms with E-state index in [1.54, 1.807) is 0 Å². The smallest absolute Gasteiger partial charge is 0.289 e. The average Bonchev–Trinajstić information content (AvgIpc) is 2.71. The lowest BCUT2D eigenvalue weighted by Gasteiger charge is -2.26. The first-order valence-corrected chi connectivity index (χ1v) is 7.96. The maximum atomic E-state index is 6.23. The van der Waals surface area contributed by atoms with Crippen LogP contribution in [0.5, 0.6) is 0 Å². The number of aromatic nitrogens is 2. The van der Waals surface area contributed by atoms with E-state index in [0.29, 0.717) is 6.04 Å². The van der Waals surface area contributed by atoms with Gasteiger partial charge >= 0.3 is 0 Å². The zero-order chi connectivity index (χ0) is 15.8. The lowest BCUT2D eigenvalue weighted by Crippen LogP contribution is -2.48. The third-order valence-corrected chi connectivity index (χ3v) is 4.15. The molecule has 2 aromatic rings. The molecule has 1 aromatic carbocycles. The molecule has 0 saturated heterocycles. The molecule has 3 nitrogen and oxygen atoms in total. The summed E-state index contributed by atoms with van der Waals surface area (Å²) in [5, 5.41) is 0. The van der Waals surface area contributed by atoms with Crippen LogP contribution in [0.4, 0.5) is 0 Å². The van der Waals surface area contributed by atoms with E-state index in [9.17, 15) is 0 Å². The minimum atomic E-state index is -0.328. The van der Waals surface area contributed by atoms with Crippen molar-refractivity contribution < 1.29 is 9.30 Å². The van der Waals surface area contributed by atoms with Gasteiger partial charge in [0.2, 0.25) is 0 Å². The maximum Gasteiger partial charge on any atom is 0.289 e. The van der Waals surface area contributed by atoms with Gasteiger partial charge in [0, 0.05) is 0 Å². The normalized spacial score (nSPS) is 14.1. The summed E-state index contributed by atoms with van der Waals surface area (Å²) < 4.78 is 11.0. The maximum absolute atomic E-state index is 6.23. The van der Waals surface area contributed by atoms with Crippen molar-refractivity contribution in [1.29, 1.82) is 0 Å². The summed E-state index contributed by atoms with van der Waals surface area (Å²) in [5.41, 5.74) is 2.21. The molecule has 0 fully saturated rings. The number of ether oxygens (including phenoxy) is 1. The van der Waals surface area contributed by atoms with Crippen molar-refractivity contribution in [3.05, 3.63) is 30.1 Å². The first-order valence-electron chi connectivity index (χ1n) is 7.96. The van der Waals surface area contributed by atoms with E-state index in [2.05, 4.69) is 82.0 Å². The van der Waals surface area contributed by atoms with Gasteiger partial charge in [-0.1, -0.05) is 19.1 Å². The molecule has 116 valence electrons. The van der Waals surface area contributed by atoms with Crippen LogP contribution in [-0.2, 0) is 17.4 Å². The summed E-state index contributed by atoms with van der Waals surface area (Å²) in [5.74, 6) is 1.23. The molecule has 3 heteroatoms. The third kappa shape index (κ3) is 2.84. The Kier molecular flexibility index (Phi) is 4.43. The average molecular weight is 289 g/mol. The van der Waals surface area contributed by atoms with Crippen molar-refractivity contribution in [3.8, 4) is 0 Å². The first-order chi connectivity index (χ1) is 9.79. The molecule has 1 unspecified atom stereocenters. The van der Waals surface area contributed by atoms with Gasteiger partial charge in [-0.2, -0.15) is 0 Å². The van der Waals surface area contributed by atoms with Crippen LogP contribution in [0.25, 0.3) is 11.0 Å². The molecule has 0 N–H and O–H groups in total. The van der Waals surface area contributed by atoms with Gasteiger partial charge in [0.05, 0.1) is 19.2 Å². The second kappa shape index (κ2) is 5.80. The summed E-state index contributed by atoms with van der Waals surface area (Å²) in [6.07, 6.45) is 1.30. The topological polar surface area (TPSA) is 18.0 Å². The number of hydrogen-bond acceptors (Lipinski definition) is 1. The van der Waals surface area contributed by atoms with Gasteiger partial charge in [0.1, 0.15) is 0 Å². The Morgan fingerprint density at radius 1 is 1.19 bits per heavy atom. The molecule has 0 spiro atoms. The number of rotatable bonds is 5. The highest BCUT2D eigenvalue weighted by Gasteiger charge is 2.39. The standard InChI is InChI=1S/C18H29N2O/c1-8-14(4)20-16-12-10-9-11-15(16)19(7)17(20)18(5,6)21-13(2)3/h9-14H,8H2,1-7H3/q+1. The van der Waals surface area contributed by atoms with Crippen molar-refractivity contribution in [1.82, 2.24) is 4.57 Å². The predicted octanol–water partition coefficient (Wildman–Crippen LogP) is 4.10.